The second-order valence-corrected chi connectivity index (χ2v) is 6.10. The van der Waals surface area contributed by atoms with Gasteiger partial charge in [0.15, 0.2) is 6.23 Å². The van der Waals surface area contributed by atoms with Gasteiger partial charge in [0, 0.05) is 29.4 Å². The molecule has 4 nitrogen and oxygen atoms in total. The molecule has 0 saturated heterocycles. The summed E-state index contributed by atoms with van der Waals surface area (Å²) < 4.78 is 0. The van der Waals surface area contributed by atoms with Crippen molar-refractivity contribution in [3.8, 4) is 0 Å². The van der Waals surface area contributed by atoms with Crippen LogP contribution in [0.3, 0.4) is 0 Å². The zero-order valence-electron chi connectivity index (χ0n) is 13.9. The summed E-state index contributed by atoms with van der Waals surface area (Å²) in [6.45, 7) is 0. The summed E-state index contributed by atoms with van der Waals surface area (Å²) in [6.07, 6.45) is -0.740. The van der Waals surface area contributed by atoms with Crippen LogP contribution in [0.1, 0.15) is 16.8 Å². The van der Waals surface area contributed by atoms with E-state index in [2.05, 4.69) is 4.98 Å². The van der Waals surface area contributed by atoms with Gasteiger partial charge in [0.2, 0.25) is 0 Å². The summed E-state index contributed by atoms with van der Waals surface area (Å²) in [6, 6.07) is 23.6. The molecule has 2 aromatic carbocycles. The van der Waals surface area contributed by atoms with Gasteiger partial charge in [-0.15, -0.1) is 0 Å². The molecule has 0 bridgehead atoms. The Morgan fingerprint density at radius 2 is 1.68 bits per heavy atom. The normalized spacial score (nSPS) is 18.2. The molecule has 2 heterocycles. The van der Waals surface area contributed by atoms with Crippen LogP contribution in [0.4, 0.5) is 11.5 Å². The number of nitrogens with zero attached hydrogens (tertiary/aromatic N) is 2. The topological polar surface area (TPSA) is 62.4 Å². The van der Waals surface area contributed by atoms with Crippen LogP contribution >= 0.6 is 0 Å². The summed E-state index contributed by atoms with van der Waals surface area (Å²) in [5.74, 6) is 0.459. The van der Waals surface area contributed by atoms with E-state index in [0.717, 1.165) is 33.7 Å². The first kappa shape index (κ1) is 15.4. The van der Waals surface area contributed by atoms with Gasteiger partial charge >= 0.3 is 0 Å². The van der Waals surface area contributed by atoms with Crippen molar-refractivity contribution in [2.45, 2.75) is 6.23 Å². The van der Waals surface area contributed by atoms with Crippen molar-refractivity contribution in [2.24, 2.45) is 0 Å². The fourth-order valence-electron chi connectivity index (χ4n) is 3.37. The lowest BCUT2D eigenvalue weighted by Gasteiger charge is -2.20. The van der Waals surface area contributed by atoms with Crippen molar-refractivity contribution in [3.63, 3.8) is 0 Å². The van der Waals surface area contributed by atoms with Crippen LogP contribution in [0.15, 0.2) is 72.8 Å². The summed E-state index contributed by atoms with van der Waals surface area (Å²) in [4.78, 5) is 6.39. The number of aliphatic hydroxyl groups excluding tert-OH is 1. The van der Waals surface area contributed by atoms with Crippen LogP contribution in [0.2, 0.25) is 0 Å². The molecule has 1 aliphatic heterocycles. The van der Waals surface area contributed by atoms with Crippen molar-refractivity contribution in [1.82, 2.24) is 4.98 Å². The molecule has 1 atom stereocenters. The standard InChI is InChI=1S/C21H19N3O/c1-24-17-12-6-5-10-15(17)20(21(24)25)19(14-8-3-2-4-9-14)16-11-7-13-18(22)23-16/h2-13,21,25H,1H3,(H2,22,23). The smallest absolute Gasteiger partial charge is 0.154 e. The molecule has 3 aromatic rings. The number of nitrogens with two attached hydrogens (primary N) is 1. The van der Waals surface area contributed by atoms with Gasteiger partial charge in [0.05, 0.1) is 5.69 Å². The molecule has 1 aliphatic rings. The molecular formula is C21H19N3O. The summed E-state index contributed by atoms with van der Waals surface area (Å²) in [7, 11) is 1.89. The number of nitrogen functional groups attached to an aromatic ring is 1. The minimum atomic E-state index is -0.740. The van der Waals surface area contributed by atoms with Crippen molar-refractivity contribution >= 4 is 22.7 Å². The SMILES string of the molecule is CN1c2ccccc2C(=C(c2ccccc2)c2cccc(N)n2)C1O. The predicted molar refractivity (Wildman–Crippen MR) is 102 cm³/mol. The number of para-hydroxylation sites is 1. The molecule has 0 radical (unpaired) electrons. The number of likely N-dealkylation sites (N-methyl/N-ethyl adjacent to an activating group) is 1. The average molecular weight is 329 g/mol. The molecule has 0 aliphatic carbocycles. The Bertz CT molecular complexity index is 950. The molecule has 1 unspecified atom stereocenters. The fourth-order valence-corrected chi connectivity index (χ4v) is 3.37. The van der Waals surface area contributed by atoms with E-state index in [0.29, 0.717) is 5.82 Å². The van der Waals surface area contributed by atoms with Crippen molar-refractivity contribution in [1.29, 1.82) is 0 Å². The number of anilines is 2. The third-order valence-corrected chi connectivity index (χ3v) is 4.56. The highest BCUT2D eigenvalue weighted by molar-refractivity contribution is 6.04. The van der Waals surface area contributed by atoms with E-state index in [1.54, 1.807) is 6.07 Å². The largest absolute Gasteiger partial charge is 0.384 e. The number of hydrogen-bond acceptors (Lipinski definition) is 4. The first-order valence-corrected chi connectivity index (χ1v) is 8.19. The first-order valence-electron chi connectivity index (χ1n) is 8.19. The summed E-state index contributed by atoms with van der Waals surface area (Å²) in [5.41, 5.74) is 11.4. The number of aromatic nitrogens is 1. The number of fused-ring (bicyclic) bond motifs is 1. The Kier molecular flexibility index (Phi) is 3.75. The van der Waals surface area contributed by atoms with E-state index in [1.165, 1.54) is 0 Å². The number of rotatable bonds is 2. The fraction of sp³-hybridized carbons (Fsp3) is 0.0952. The van der Waals surface area contributed by atoms with Gasteiger partial charge in [0.25, 0.3) is 0 Å². The highest BCUT2D eigenvalue weighted by Crippen LogP contribution is 2.44. The van der Waals surface area contributed by atoms with Gasteiger partial charge < -0.3 is 15.7 Å². The Hall–Kier alpha value is -3.11. The highest BCUT2D eigenvalue weighted by atomic mass is 16.3. The van der Waals surface area contributed by atoms with Gasteiger partial charge in [-0.25, -0.2) is 4.98 Å². The van der Waals surface area contributed by atoms with E-state index in [4.69, 9.17) is 5.73 Å². The third-order valence-electron chi connectivity index (χ3n) is 4.56. The van der Waals surface area contributed by atoms with Gasteiger partial charge in [-0.05, 0) is 23.8 Å². The third kappa shape index (κ3) is 2.57. The minimum absolute atomic E-state index is 0.459. The maximum absolute atomic E-state index is 11.0. The van der Waals surface area contributed by atoms with Gasteiger partial charge in [-0.1, -0.05) is 54.6 Å². The predicted octanol–water partition coefficient (Wildman–Crippen LogP) is 3.39. The van der Waals surface area contributed by atoms with Crippen LogP contribution < -0.4 is 10.6 Å². The maximum atomic E-state index is 11.0. The highest BCUT2D eigenvalue weighted by Gasteiger charge is 2.33. The zero-order valence-corrected chi connectivity index (χ0v) is 13.9. The van der Waals surface area contributed by atoms with E-state index < -0.39 is 6.23 Å². The molecule has 4 heteroatoms. The lowest BCUT2D eigenvalue weighted by Crippen LogP contribution is -2.27. The molecule has 4 rings (SSSR count). The molecule has 3 N–H and O–H groups in total. The Labute approximate surface area is 146 Å². The number of aliphatic hydroxyl groups is 1. The quantitative estimate of drug-likeness (QED) is 0.756. The Morgan fingerprint density at radius 3 is 2.44 bits per heavy atom. The number of benzene rings is 2. The van der Waals surface area contributed by atoms with Gasteiger partial charge in [0.1, 0.15) is 5.82 Å². The Balaban J connectivity index is 2.06. The lowest BCUT2D eigenvalue weighted by atomic mass is 9.92. The molecule has 1 aromatic heterocycles. The van der Waals surface area contributed by atoms with Crippen LogP contribution in [-0.4, -0.2) is 23.4 Å². The van der Waals surface area contributed by atoms with Gasteiger partial charge in [-0.2, -0.15) is 0 Å². The van der Waals surface area contributed by atoms with Crippen LogP contribution in [-0.2, 0) is 0 Å². The molecule has 25 heavy (non-hydrogen) atoms. The van der Waals surface area contributed by atoms with Gasteiger partial charge in [-0.3, -0.25) is 0 Å². The van der Waals surface area contributed by atoms with Crippen LogP contribution in [0.25, 0.3) is 11.1 Å². The lowest BCUT2D eigenvalue weighted by molar-refractivity contribution is 0.238. The van der Waals surface area contributed by atoms with E-state index in [9.17, 15) is 5.11 Å². The van der Waals surface area contributed by atoms with Crippen molar-refractivity contribution in [2.75, 3.05) is 17.7 Å². The van der Waals surface area contributed by atoms with Crippen molar-refractivity contribution in [3.05, 3.63) is 89.6 Å². The molecule has 0 saturated carbocycles. The molecule has 0 fully saturated rings. The van der Waals surface area contributed by atoms with Crippen LogP contribution in [0.5, 0.6) is 0 Å². The number of hydrogen-bond donors (Lipinski definition) is 2. The number of pyridine rings is 1. The average Bonchev–Trinajstić information content (AvgIpc) is 2.89. The molecular weight excluding hydrogens is 310 g/mol. The molecule has 0 amide bonds. The van der Waals surface area contributed by atoms with Crippen LogP contribution in [0, 0.1) is 0 Å². The monoisotopic (exact) mass is 329 g/mol. The molecule has 0 spiro atoms. The van der Waals surface area contributed by atoms with E-state index in [1.807, 2.05) is 78.7 Å². The van der Waals surface area contributed by atoms with E-state index in [-0.39, 0.29) is 0 Å². The summed E-state index contributed by atoms with van der Waals surface area (Å²) in [5, 5.41) is 11.0. The van der Waals surface area contributed by atoms with Crippen molar-refractivity contribution < 1.29 is 5.11 Å². The Morgan fingerprint density at radius 1 is 0.960 bits per heavy atom. The second kappa shape index (κ2) is 6.07. The summed E-state index contributed by atoms with van der Waals surface area (Å²) >= 11 is 0. The first-order chi connectivity index (χ1) is 12.2. The van der Waals surface area contributed by atoms with E-state index >= 15 is 0 Å². The zero-order chi connectivity index (χ0) is 17.4. The second-order valence-electron chi connectivity index (χ2n) is 6.10. The molecule has 124 valence electrons. The maximum Gasteiger partial charge on any atom is 0.154 e. The minimum Gasteiger partial charge on any atom is -0.384 e.